The molecule has 0 fully saturated rings. The number of para-hydroxylation sites is 1. The van der Waals surface area contributed by atoms with Gasteiger partial charge in [-0.05, 0) is 24.0 Å². The Bertz CT molecular complexity index is 1270. The van der Waals surface area contributed by atoms with Crippen LogP contribution in [-0.4, -0.2) is 79.6 Å². The molecule has 2 heterocycles. The Hall–Kier alpha value is -4.23. The van der Waals surface area contributed by atoms with Crippen molar-refractivity contribution in [2.24, 2.45) is 11.7 Å². The Morgan fingerprint density at radius 1 is 0.949 bits per heavy atom. The molecule has 0 saturated heterocycles. The van der Waals surface area contributed by atoms with Gasteiger partial charge in [0.2, 0.25) is 17.7 Å². The van der Waals surface area contributed by atoms with Crippen molar-refractivity contribution in [2.75, 3.05) is 6.61 Å². The maximum atomic E-state index is 13.1. The summed E-state index contributed by atoms with van der Waals surface area (Å²) in [4.78, 5) is 60.4. The summed E-state index contributed by atoms with van der Waals surface area (Å²) in [6, 6.07) is 2.57. The van der Waals surface area contributed by atoms with Crippen LogP contribution in [0.4, 0.5) is 0 Å². The molecule has 0 radical (unpaired) electrons. The molecule has 4 unspecified atom stereocenters. The van der Waals surface area contributed by atoms with Gasteiger partial charge in [0, 0.05) is 41.8 Å². The van der Waals surface area contributed by atoms with E-state index in [2.05, 4.69) is 30.9 Å². The molecule has 1 aromatic carbocycles. The lowest BCUT2D eigenvalue weighted by Crippen LogP contribution is -2.58. The molecule has 13 nitrogen and oxygen atoms in total. The zero-order valence-electron chi connectivity index (χ0n) is 21.8. The van der Waals surface area contributed by atoms with Gasteiger partial charge in [-0.3, -0.25) is 14.4 Å². The molecular formula is C26H35N7O6. The first-order valence-corrected chi connectivity index (χ1v) is 12.6. The predicted molar refractivity (Wildman–Crippen MR) is 142 cm³/mol. The molecule has 0 aliphatic rings. The molecule has 0 bridgehead atoms. The minimum atomic E-state index is -1.46. The van der Waals surface area contributed by atoms with Crippen LogP contribution in [-0.2, 0) is 32.0 Å². The number of fused-ring (bicyclic) bond motifs is 1. The number of aromatic nitrogens is 3. The Kier molecular flexibility index (Phi) is 10.2. The first kappa shape index (κ1) is 29.3. The number of nitrogens with zero attached hydrogens (tertiary/aromatic N) is 1. The van der Waals surface area contributed by atoms with E-state index >= 15 is 0 Å². The molecule has 0 aliphatic carbocycles. The number of amides is 3. The van der Waals surface area contributed by atoms with Gasteiger partial charge >= 0.3 is 5.97 Å². The van der Waals surface area contributed by atoms with Crippen LogP contribution in [0.25, 0.3) is 10.9 Å². The number of carboxylic acid groups (broad SMARTS) is 1. The summed E-state index contributed by atoms with van der Waals surface area (Å²) in [6.07, 6.45) is 4.97. The molecule has 3 amide bonds. The predicted octanol–water partition coefficient (Wildman–Crippen LogP) is -0.419. The first-order valence-electron chi connectivity index (χ1n) is 12.6. The highest BCUT2D eigenvalue weighted by molar-refractivity contribution is 5.94. The van der Waals surface area contributed by atoms with Gasteiger partial charge in [0.25, 0.3) is 0 Å². The molecule has 4 atom stereocenters. The van der Waals surface area contributed by atoms with E-state index in [0.717, 1.165) is 10.9 Å². The highest BCUT2D eigenvalue weighted by atomic mass is 16.4. The largest absolute Gasteiger partial charge is 0.480 e. The molecule has 39 heavy (non-hydrogen) atoms. The third kappa shape index (κ3) is 8.12. The van der Waals surface area contributed by atoms with Gasteiger partial charge < -0.3 is 41.9 Å². The number of carboxylic acids is 1. The summed E-state index contributed by atoms with van der Waals surface area (Å²) in [5.74, 6) is -3.31. The van der Waals surface area contributed by atoms with Crippen LogP contribution in [0.1, 0.15) is 31.5 Å². The molecule has 9 N–H and O–H groups in total. The molecule has 210 valence electrons. The number of hydrogen-bond donors (Lipinski definition) is 8. The van der Waals surface area contributed by atoms with Gasteiger partial charge in [-0.15, -0.1) is 0 Å². The quantitative estimate of drug-likeness (QED) is 0.134. The summed E-state index contributed by atoms with van der Waals surface area (Å²) < 4.78 is 0. The summed E-state index contributed by atoms with van der Waals surface area (Å²) in [7, 11) is 0. The number of aromatic amines is 2. The summed E-state index contributed by atoms with van der Waals surface area (Å²) in [6.45, 7) is 3.03. The lowest BCUT2D eigenvalue weighted by molar-refractivity contribution is -0.142. The van der Waals surface area contributed by atoms with Crippen LogP contribution in [0.5, 0.6) is 0 Å². The first-order chi connectivity index (χ1) is 18.6. The topological polar surface area (TPSA) is 215 Å². The molecule has 0 aliphatic heterocycles. The molecule has 13 heteroatoms. The van der Waals surface area contributed by atoms with Crippen molar-refractivity contribution >= 4 is 34.6 Å². The monoisotopic (exact) mass is 541 g/mol. The van der Waals surface area contributed by atoms with Gasteiger partial charge in [-0.1, -0.05) is 32.0 Å². The lowest BCUT2D eigenvalue weighted by Gasteiger charge is -2.24. The summed E-state index contributed by atoms with van der Waals surface area (Å²) in [5, 5.41) is 27.8. The maximum Gasteiger partial charge on any atom is 0.326 e. The van der Waals surface area contributed by atoms with Crippen LogP contribution < -0.4 is 21.7 Å². The van der Waals surface area contributed by atoms with Crippen LogP contribution in [0, 0.1) is 5.92 Å². The average Bonchev–Trinajstić information content (AvgIpc) is 3.55. The fraction of sp³-hybridized carbons (Fsp3) is 0.423. The van der Waals surface area contributed by atoms with Crippen LogP contribution in [0.3, 0.4) is 0 Å². The Balaban J connectivity index is 1.69. The van der Waals surface area contributed by atoms with E-state index in [9.17, 15) is 29.4 Å². The number of hydrogen-bond acceptors (Lipinski definition) is 7. The van der Waals surface area contributed by atoms with Crippen molar-refractivity contribution < 1.29 is 29.4 Å². The average molecular weight is 542 g/mol. The molecule has 3 rings (SSSR count). The minimum absolute atomic E-state index is 0.0179. The van der Waals surface area contributed by atoms with Gasteiger partial charge in [0.15, 0.2) is 0 Å². The molecule has 0 saturated carbocycles. The SMILES string of the molecule is CC(C)CC(N)C(=O)NC(Cc1cnc[nH]1)C(=O)NC(CO)C(=O)NC(Cc1c[nH]c2ccccc12)C(=O)O. The number of nitrogens with one attached hydrogen (secondary N) is 5. The zero-order valence-corrected chi connectivity index (χ0v) is 21.8. The summed E-state index contributed by atoms with van der Waals surface area (Å²) in [5.41, 5.74) is 8.01. The number of carbonyl (C=O) groups is 4. The second kappa shape index (κ2) is 13.5. The third-order valence-corrected chi connectivity index (χ3v) is 6.20. The number of rotatable bonds is 14. The molecule has 0 spiro atoms. The Labute approximate surface area is 225 Å². The van der Waals surface area contributed by atoms with Crippen LogP contribution >= 0.6 is 0 Å². The number of carbonyl (C=O) groups excluding carboxylic acids is 3. The van der Waals surface area contributed by atoms with Gasteiger partial charge in [0.05, 0.1) is 19.0 Å². The molecular weight excluding hydrogens is 506 g/mol. The van der Waals surface area contributed by atoms with E-state index in [0.29, 0.717) is 17.7 Å². The van der Waals surface area contributed by atoms with Gasteiger partial charge in [-0.25, -0.2) is 9.78 Å². The smallest absolute Gasteiger partial charge is 0.326 e. The van der Waals surface area contributed by atoms with Crippen molar-refractivity contribution in [3.8, 4) is 0 Å². The van der Waals surface area contributed by atoms with Crippen molar-refractivity contribution in [3.05, 3.63) is 54.2 Å². The second-order valence-corrected chi connectivity index (χ2v) is 9.78. The number of benzene rings is 1. The molecule has 3 aromatic rings. The normalized spacial score (nSPS) is 14.4. The number of aliphatic hydroxyl groups is 1. The van der Waals surface area contributed by atoms with Crippen molar-refractivity contribution in [1.82, 2.24) is 30.9 Å². The highest BCUT2D eigenvalue weighted by Gasteiger charge is 2.31. The van der Waals surface area contributed by atoms with Crippen LogP contribution in [0.2, 0.25) is 0 Å². The van der Waals surface area contributed by atoms with Crippen molar-refractivity contribution in [1.29, 1.82) is 0 Å². The fourth-order valence-electron chi connectivity index (χ4n) is 4.18. The van der Waals surface area contributed by atoms with E-state index in [1.54, 1.807) is 6.20 Å². The van der Waals surface area contributed by atoms with Crippen molar-refractivity contribution in [3.63, 3.8) is 0 Å². The number of nitrogens with two attached hydrogens (primary N) is 1. The zero-order chi connectivity index (χ0) is 28.5. The number of H-pyrrole nitrogens is 2. The lowest BCUT2D eigenvalue weighted by atomic mass is 10.0. The van der Waals surface area contributed by atoms with E-state index in [1.807, 2.05) is 38.1 Å². The Morgan fingerprint density at radius 2 is 1.62 bits per heavy atom. The van der Waals surface area contributed by atoms with Crippen LogP contribution in [0.15, 0.2) is 43.0 Å². The summed E-state index contributed by atoms with van der Waals surface area (Å²) >= 11 is 0. The van der Waals surface area contributed by atoms with Gasteiger partial charge in [0.1, 0.15) is 18.1 Å². The maximum absolute atomic E-state index is 13.1. The minimum Gasteiger partial charge on any atom is -0.480 e. The van der Waals surface area contributed by atoms with E-state index in [1.165, 1.54) is 12.5 Å². The standard InChI is InChI=1S/C26H35N7O6/c1-14(2)7-18(27)23(35)31-20(9-16-11-28-13-30-16)24(36)33-22(12-34)25(37)32-21(26(38)39)8-15-10-29-19-6-4-3-5-17(15)19/h3-6,10-11,13-14,18,20-22,29,34H,7-9,12,27H2,1-2H3,(H,28,30)(H,31,35)(H,32,37)(H,33,36)(H,38,39). The van der Waals surface area contributed by atoms with Crippen molar-refractivity contribution in [2.45, 2.75) is 57.3 Å². The van der Waals surface area contributed by atoms with E-state index in [4.69, 9.17) is 5.73 Å². The van der Waals surface area contributed by atoms with Gasteiger partial charge in [-0.2, -0.15) is 0 Å². The fourth-order valence-corrected chi connectivity index (χ4v) is 4.18. The number of aliphatic hydroxyl groups excluding tert-OH is 1. The van der Waals surface area contributed by atoms with E-state index < -0.39 is 54.5 Å². The molecule has 2 aromatic heterocycles. The second-order valence-electron chi connectivity index (χ2n) is 9.78. The number of imidazole rings is 1. The van der Waals surface area contributed by atoms with E-state index in [-0.39, 0.29) is 18.8 Å². The Morgan fingerprint density at radius 3 is 2.26 bits per heavy atom. The third-order valence-electron chi connectivity index (χ3n) is 6.20. The highest BCUT2D eigenvalue weighted by Crippen LogP contribution is 2.19. The number of aliphatic carboxylic acids is 1.